The van der Waals surface area contributed by atoms with Crippen LogP contribution < -0.4 is 14.8 Å². The van der Waals surface area contributed by atoms with Crippen LogP contribution in [0.3, 0.4) is 0 Å². The van der Waals surface area contributed by atoms with E-state index in [4.69, 9.17) is 20.6 Å². The monoisotopic (exact) mass is 409 g/mol. The van der Waals surface area contributed by atoms with Crippen molar-refractivity contribution >= 4 is 11.7 Å². The molecule has 3 aromatic rings. The first-order chi connectivity index (χ1) is 14.6. The third kappa shape index (κ3) is 4.59. The SMILES string of the molecule is C#CCOC(C(=O)Nc1ccnn1-c1ccc(OC)c(OC)c1)c1ccc(F)cc1. The number of nitrogens with zero attached hydrogens (tertiary/aromatic N) is 2. The van der Waals surface area contributed by atoms with Gasteiger partial charge in [0.1, 0.15) is 18.2 Å². The number of methoxy groups -OCH3 is 2. The average molecular weight is 409 g/mol. The van der Waals surface area contributed by atoms with E-state index >= 15 is 0 Å². The average Bonchev–Trinajstić information content (AvgIpc) is 3.22. The Bertz CT molecular complexity index is 1060. The fourth-order valence-electron chi connectivity index (χ4n) is 2.84. The molecule has 0 radical (unpaired) electrons. The Morgan fingerprint density at radius 2 is 1.90 bits per heavy atom. The lowest BCUT2D eigenvalue weighted by Crippen LogP contribution is -2.25. The molecule has 0 fully saturated rings. The molecule has 0 aliphatic rings. The number of terminal acetylenes is 1. The molecule has 7 nitrogen and oxygen atoms in total. The molecule has 1 amide bonds. The van der Waals surface area contributed by atoms with E-state index in [0.717, 1.165) is 0 Å². The quantitative estimate of drug-likeness (QED) is 0.578. The van der Waals surface area contributed by atoms with Gasteiger partial charge in [0.25, 0.3) is 5.91 Å². The van der Waals surface area contributed by atoms with Crippen LogP contribution in [0.1, 0.15) is 11.7 Å². The minimum atomic E-state index is -1.02. The van der Waals surface area contributed by atoms with Crippen molar-refractivity contribution in [2.45, 2.75) is 6.10 Å². The third-order valence-corrected chi connectivity index (χ3v) is 4.25. The van der Waals surface area contributed by atoms with Gasteiger partial charge in [0, 0.05) is 12.1 Å². The summed E-state index contributed by atoms with van der Waals surface area (Å²) in [6.45, 7) is -0.0790. The Balaban J connectivity index is 1.87. The van der Waals surface area contributed by atoms with E-state index in [-0.39, 0.29) is 6.61 Å². The van der Waals surface area contributed by atoms with Gasteiger partial charge in [-0.15, -0.1) is 6.42 Å². The van der Waals surface area contributed by atoms with Gasteiger partial charge in [0.15, 0.2) is 17.6 Å². The zero-order valence-corrected chi connectivity index (χ0v) is 16.5. The van der Waals surface area contributed by atoms with Gasteiger partial charge < -0.3 is 19.5 Å². The number of halogens is 1. The van der Waals surface area contributed by atoms with Crippen LogP contribution in [0.4, 0.5) is 10.2 Å². The fourth-order valence-corrected chi connectivity index (χ4v) is 2.84. The molecule has 30 heavy (non-hydrogen) atoms. The van der Waals surface area contributed by atoms with Gasteiger partial charge >= 0.3 is 0 Å². The van der Waals surface area contributed by atoms with E-state index in [0.29, 0.717) is 28.6 Å². The van der Waals surface area contributed by atoms with E-state index in [1.807, 2.05) is 0 Å². The molecule has 8 heteroatoms. The lowest BCUT2D eigenvalue weighted by atomic mass is 10.1. The molecule has 1 unspecified atom stereocenters. The van der Waals surface area contributed by atoms with E-state index in [1.165, 1.54) is 36.1 Å². The summed E-state index contributed by atoms with van der Waals surface area (Å²) in [4.78, 5) is 12.9. The van der Waals surface area contributed by atoms with Crippen molar-refractivity contribution < 1.29 is 23.4 Å². The maximum atomic E-state index is 13.3. The second-order valence-electron chi connectivity index (χ2n) is 6.10. The summed E-state index contributed by atoms with van der Waals surface area (Å²) < 4.78 is 30.9. The maximum Gasteiger partial charge on any atom is 0.259 e. The summed E-state index contributed by atoms with van der Waals surface area (Å²) in [5.74, 6) is 2.94. The van der Waals surface area contributed by atoms with Crippen LogP contribution in [-0.4, -0.2) is 36.5 Å². The normalized spacial score (nSPS) is 11.4. The van der Waals surface area contributed by atoms with Gasteiger partial charge in [-0.05, 0) is 29.8 Å². The molecule has 0 saturated heterocycles. The van der Waals surface area contributed by atoms with Crippen LogP contribution in [0.2, 0.25) is 0 Å². The molecule has 2 aromatic carbocycles. The van der Waals surface area contributed by atoms with Crippen molar-refractivity contribution in [3.05, 3.63) is 66.1 Å². The molecule has 3 rings (SSSR count). The second kappa shape index (κ2) is 9.58. The number of amides is 1. The number of aromatic nitrogens is 2. The first-order valence-corrected chi connectivity index (χ1v) is 8.95. The number of hydrogen-bond donors (Lipinski definition) is 1. The van der Waals surface area contributed by atoms with E-state index < -0.39 is 17.8 Å². The Labute approximate surface area is 173 Å². The highest BCUT2D eigenvalue weighted by Crippen LogP contribution is 2.30. The standard InChI is InChI=1S/C22H20FN3O4/c1-4-13-30-21(15-5-7-16(23)8-6-15)22(27)25-20-11-12-24-26(20)17-9-10-18(28-2)19(14-17)29-3/h1,5-12,14,21H,13H2,2-3H3,(H,25,27). The highest BCUT2D eigenvalue weighted by atomic mass is 19.1. The Hall–Kier alpha value is -3.83. The molecule has 1 atom stereocenters. The Morgan fingerprint density at radius 1 is 1.17 bits per heavy atom. The topological polar surface area (TPSA) is 74.6 Å². The summed E-state index contributed by atoms with van der Waals surface area (Å²) in [6.07, 6.45) is 5.79. The Kier molecular flexibility index (Phi) is 6.67. The number of benzene rings is 2. The van der Waals surface area contributed by atoms with Crippen molar-refractivity contribution in [1.29, 1.82) is 0 Å². The van der Waals surface area contributed by atoms with Gasteiger partial charge in [-0.25, -0.2) is 9.07 Å². The number of carbonyl (C=O) groups is 1. The highest BCUT2D eigenvalue weighted by Gasteiger charge is 2.23. The van der Waals surface area contributed by atoms with E-state index in [1.54, 1.807) is 37.6 Å². The lowest BCUT2D eigenvalue weighted by Gasteiger charge is -2.18. The van der Waals surface area contributed by atoms with Crippen LogP contribution in [0.15, 0.2) is 54.7 Å². The van der Waals surface area contributed by atoms with E-state index in [2.05, 4.69) is 16.3 Å². The molecular weight excluding hydrogens is 389 g/mol. The predicted molar refractivity (Wildman–Crippen MR) is 109 cm³/mol. The van der Waals surface area contributed by atoms with Crippen LogP contribution >= 0.6 is 0 Å². The van der Waals surface area contributed by atoms with Gasteiger partial charge in [-0.1, -0.05) is 18.1 Å². The molecule has 1 aromatic heterocycles. The van der Waals surface area contributed by atoms with Gasteiger partial charge in [-0.2, -0.15) is 5.10 Å². The van der Waals surface area contributed by atoms with Gasteiger partial charge in [-0.3, -0.25) is 4.79 Å². The van der Waals surface area contributed by atoms with E-state index in [9.17, 15) is 9.18 Å². The first kappa shape index (κ1) is 20.9. The minimum Gasteiger partial charge on any atom is -0.493 e. The molecular formula is C22H20FN3O4. The second-order valence-corrected chi connectivity index (χ2v) is 6.10. The lowest BCUT2D eigenvalue weighted by molar-refractivity contribution is -0.127. The first-order valence-electron chi connectivity index (χ1n) is 8.95. The van der Waals surface area contributed by atoms with Crippen molar-refractivity contribution in [3.63, 3.8) is 0 Å². The van der Waals surface area contributed by atoms with Crippen molar-refractivity contribution in [3.8, 4) is 29.5 Å². The van der Waals surface area contributed by atoms with Crippen LogP contribution in [0.25, 0.3) is 5.69 Å². The fraction of sp³-hybridized carbons (Fsp3) is 0.182. The molecule has 0 bridgehead atoms. The number of rotatable bonds is 8. The number of nitrogens with one attached hydrogen (secondary N) is 1. The number of hydrogen-bond acceptors (Lipinski definition) is 5. The van der Waals surface area contributed by atoms with Gasteiger partial charge in [0.2, 0.25) is 0 Å². The highest BCUT2D eigenvalue weighted by molar-refractivity contribution is 5.94. The molecule has 0 saturated carbocycles. The smallest absolute Gasteiger partial charge is 0.259 e. The van der Waals surface area contributed by atoms with Crippen molar-refractivity contribution in [2.75, 3.05) is 26.1 Å². The van der Waals surface area contributed by atoms with Crippen LogP contribution in [0.5, 0.6) is 11.5 Å². The summed E-state index contributed by atoms with van der Waals surface area (Å²) in [5, 5.41) is 7.04. The summed E-state index contributed by atoms with van der Waals surface area (Å²) in [6, 6.07) is 12.3. The van der Waals surface area contributed by atoms with Gasteiger partial charge in [0.05, 0.1) is 26.1 Å². The maximum absolute atomic E-state index is 13.3. The van der Waals surface area contributed by atoms with Crippen LogP contribution in [0, 0.1) is 18.2 Å². The predicted octanol–water partition coefficient (Wildman–Crippen LogP) is 3.36. The molecule has 0 spiro atoms. The van der Waals surface area contributed by atoms with Crippen LogP contribution in [-0.2, 0) is 9.53 Å². The van der Waals surface area contributed by atoms with Crippen molar-refractivity contribution in [2.24, 2.45) is 0 Å². The molecule has 1 heterocycles. The molecule has 1 N–H and O–H groups in total. The zero-order valence-electron chi connectivity index (χ0n) is 16.5. The summed E-state index contributed by atoms with van der Waals surface area (Å²) >= 11 is 0. The number of anilines is 1. The molecule has 154 valence electrons. The Morgan fingerprint density at radius 3 is 2.57 bits per heavy atom. The minimum absolute atomic E-state index is 0.0790. The number of ether oxygens (including phenoxy) is 3. The summed E-state index contributed by atoms with van der Waals surface area (Å²) in [7, 11) is 3.08. The molecule has 0 aliphatic heterocycles. The zero-order chi connectivity index (χ0) is 21.5. The third-order valence-electron chi connectivity index (χ3n) is 4.25. The number of carbonyl (C=O) groups excluding carboxylic acids is 1. The summed E-state index contributed by atoms with van der Waals surface area (Å²) in [5.41, 5.74) is 1.12. The largest absolute Gasteiger partial charge is 0.493 e. The van der Waals surface area contributed by atoms with Crippen molar-refractivity contribution in [1.82, 2.24) is 9.78 Å². The molecule has 0 aliphatic carbocycles.